The topological polar surface area (TPSA) is 46.5 Å². The molecule has 0 heterocycles. The minimum Gasteiger partial charge on any atom is -0.496 e. The SMILES string of the molecule is COc1cc(C)c(C(C)(C)C(=O)O)c(C)c1C. The second-order valence-electron chi connectivity index (χ2n) is 4.95. The van der Waals surface area contributed by atoms with E-state index in [2.05, 4.69) is 0 Å². The summed E-state index contributed by atoms with van der Waals surface area (Å²) in [5.74, 6) is -0.00166. The van der Waals surface area contributed by atoms with Crippen LogP contribution < -0.4 is 4.74 Å². The fraction of sp³-hybridized carbons (Fsp3) is 0.500. The van der Waals surface area contributed by atoms with Gasteiger partial charge in [-0.1, -0.05) is 0 Å². The van der Waals surface area contributed by atoms with E-state index in [4.69, 9.17) is 4.74 Å². The van der Waals surface area contributed by atoms with Crippen LogP contribution >= 0.6 is 0 Å². The quantitative estimate of drug-likeness (QED) is 0.877. The Labute approximate surface area is 102 Å². The van der Waals surface area contributed by atoms with Crippen LogP contribution in [0.4, 0.5) is 0 Å². The van der Waals surface area contributed by atoms with Gasteiger partial charge >= 0.3 is 5.97 Å². The lowest BCUT2D eigenvalue weighted by atomic mass is 9.78. The van der Waals surface area contributed by atoms with E-state index in [0.29, 0.717) is 0 Å². The molecule has 0 aliphatic rings. The summed E-state index contributed by atoms with van der Waals surface area (Å²) in [4.78, 5) is 11.4. The minimum absolute atomic E-state index is 0.810. The van der Waals surface area contributed by atoms with Gasteiger partial charge in [0.15, 0.2) is 0 Å². The molecular weight excluding hydrogens is 216 g/mol. The first-order valence-electron chi connectivity index (χ1n) is 5.62. The molecule has 1 aromatic rings. The van der Waals surface area contributed by atoms with Gasteiger partial charge in [0.25, 0.3) is 0 Å². The number of benzene rings is 1. The van der Waals surface area contributed by atoms with Crippen molar-refractivity contribution in [1.82, 2.24) is 0 Å². The van der Waals surface area contributed by atoms with Gasteiger partial charge in [0.2, 0.25) is 0 Å². The van der Waals surface area contributed by atoms with Crippen LogP contribution in [0.1, 0.15) is 36.1 Å². The molecule has 0 amide bonds. The van der Waals surface area contributed by atoms with E-state index in [1.165, 1.54) is 0 Å². The van der Waals surface area contributed by atoms with Gasteiger partial charge in [-0.3, -0.25) is 4.79 Å². The number of methoxy groups -OCH3 is 1. The first kappa shape index (κ1) is 13.6. The number of ether oxygens (including phenoxy) is 1. The fourth-order valence-corrected chi connectivity index (χ4v) is 2.33. The highest BCUT2D eigenvalue weighted by molar-refractivity contribution is 5.82. The van der Waals surface area contributed by atoms with E-state index in [1.807, 2.05) is 26.8 Å². The Morgan fingerprint density at radius 2 is 1.76 bits per heavy atom. The third-order valence-electron chi connectivity index (χ3n) is 3.43. The van der Waals surface area contributed by atoms with Gasteiger partial charge in [-0.15, -0.1) is 0 Å². The molecule has 0 bridgehead atoms. The van der Waals surface area contributed by atoms with Crippen LogP contribution in [0.25, 0.3) is 0 Å². The van der Waals surface area contributed by atoms with Crippen LogP contribution in [0.15, 0.2) is 6.07 Å². The molecule has 0 unspecified atom stereocenters. The van der Waals surface area contributed by atoms with Crippen LogP contribution in [0.5, 0.6) is 5.75 Å². The molecule has 94 valence electrons. The largest absolute Gasteiger partial charge is 0.496 e. The molecule has 1 aromatic carbocycles. The van der Waals surface area contributed by atoms with Crippen LogP contribution in [0.2, 0.25) is 0 Å². The third-order valence-corrected chi connectivity index (χ3v) is 3.43. The summed E-state index contributed by atoms with van der Waals surface area (Å²) in [7, 11) is 1.63. The first-order chi connectivity index (χ1) is 7.73. The highest BCUT2D eigenvalue weighted by Gasteiger charge is 2.33. The van der Waals surface area contributed by atoms with E-state index in [0.717, 1.165) is 28.0 Å². The van der Waals surface area contributed by atoms with Gasteiger partial charge in [0, 0.05) is 0 Å². The van der Waals surface area contributed by atoms with Crippen molar-refractivity contribution < 1.29 is 14.6 Å². The number of carboxylic acids is 1. The van der Waals surface area contributed by atoms with Crippen molar-refractivity contribution in [2.45, 2.75) is 40.0 Å². The average molecular weight is 236 g/mol. The van der Waals surface area contributed by atoms with E-state index in [9.17, 15) is 9.90 Å². The fourth-order valence-electron chi connectivity index (χ4n) is 2.33. The zero-order valence-corrected chi connectivity index (χ0v) is 11.3. The van der Waals surface area contributed by atoms with E-state index >= 15 is 0 Å². The lowest BCUT2D eigenvalue weighted by Crippen LogP contribution is -2.30. The number of aliphatic carboxylic acids is 1. The third kappa shape index (κ3) is 2.14. The number of rotatable bonds is 3. The molecule has 0 saturated carbocycles. The van der Waals surface area contributed by atoms with Crippen LogP contribution in [-0.4, -0.2) is 18.2 Å². The lowest BCUT2D eigenvalue weighted by Gasteiger charge is -2.26. The number of carbonyl (C=O) groups is 1. The molecule has 1 rings (SSSR count). The second-order valence-corrected chi connectivity index (χ2v) is 4.95. The van der Waals surface area contributed by atoms with Crippen molar-refractivity contribution in [3.05, 3.63) is 28.3 Å². The average Bonchev–Trinajstić information content (AvgIpc) is 2.22. The monoisotopic (exact) mass is 236 g/mol. The van der Waals surface area contributed by atoms with Gasteiger partial charge in [-0.05, 0) is 62.9 Å². The molecule has 0 saturated heterocycles. The van der Waals surface area contributed by atoms with Gasteiger partial charge in [0.1, 0.15) is 5.75 Å². The summed E-state index contributed by atoms with van der Waals surface area (Å²) in [5, 5.41) is 9.33. The summed E-state index contributed by atoms with van der Waals surface area (Å²) in [5.41, 5.74) is 2.95. The Kier molecular flexibility index (Phi) is 3.51. The zero-order valence-electron chi connectivity index (χ0n) is 11.3. The molecule has 17 heavy (non-hydrogen) atoms. The molecule has 3 heteroatoms. The van der Waals surface area contributed by atoms with E-state index < -0.39 is 11.4 Å². The maximum absolute atomic E-state index is 11.4. The Morgan fingerprint density at radius 1 is 1.24 bits per heavy atom. The molecule has 0 aromatic heterocycles. The highest BCUT2D eigenvalue weighted by atomic mass is 16.5. The van der Waals surface area contributed by atoms with Crippen molar-refractivity contribution >= 4 is 5.97 Å². The van der Waals surface area contributed by atoms with Crippen LogP contribution in [0, 0.1) is 20.8 Å². The maximum Gasteiger partial charge on any atom is 0.313 e. The molecule has 3 nitrogen and oxygen atoms in total. The van der Waals surface area contributed by atoms with Gasteiger partial charge in [-0.25, -0.2) is 0 Å². The predicted octanol–water partition coefficient (Wildman–Crippen LogP) is 2.98. The van der Waals surface area contributed by atoms with Crippen molar-refractivity contribution in [3.8, 4) is 5.75 Å². The Hall–Kier alpha value is -1.51. The van der Waals surface area contributed by atoms with Gasteiger partial charge in [0.05, 0.1) is 12.5 Å². The summed E-state index contributed by atoms with van der Waals surface area (Å²) in [6, 6.07) is 1.91. The second kappa shape index (κ2) is 4.40. The lowest BCUT2D eigenvalue weighted by molar-refractivity contribution is -0.142. The molecule has 0 aliphatic heterocycles. The van der Waals surface area contributed by atoms with Crippen LogP contribution in [0.3, 0.4) is 0 Å². The predicted molar refractivity (Wildman–Crippen MR) is 67.9 cm³/mol. The molecule has 0 spiro atoms. The summed E-state index contributed by atoms with van der Waals surface area (Å²) in [6.07, 6.45) is 0. The zero-order chi connectivity index (χ0) is 13.4. The van der Waals surface area contributed by atoms with Crippen molar-refractivity contribution in [2.24, 2.45) is 0 Å². The summed E-state index contributed by atoms with van der Waals surface area (Å²) in [6.45, 7) is 9.29. The van der Waals surface area contributed by atoms with Crippen molar-refractivity contribution in [2.75, 3.05) is 7.11 Å². The molecule has 1 N–H and O–H groups in total. The summed E-state index contributed by atoms with van der Waals surface area (Å²) < 4.78 is 5.29. The highest BCUT2D eigenvalue weighted by Crippen LogP contribution is 2.35. The number of hydrogen-bond acceptors (Lipinski definition) is 2. The van der Waals surface area contributed by atoms with Gasteiger partial charge < -0.3 is 9.84 Å². The summed E-state index contributed by atoms with van der Waals surface area (Å²) >= 11 is 0. The Bertz CT molecular complexity index is 459. The standard InChI is InChI=1S/C14H20O3/c1-8-7-11(17-6)9(2)10(3)12(8)14(4,5)13(15)16/h7H,1-6H3,(H,15,16). The molecule has 0 radical (unpaired) electrons. The molecular formula is C14H20O3. The van der Waals surface area contributed by atoms with Gasteiger partial charge in [-0.2, -0.15) is 0 Å². The minimum atomic E-state index is -0.884. The van der Waals surface area contributed by atoms with E-state index in [1.54, 1.807) is 21.0 Å². The first-order valence-corrected chi connectivity index (χ1v) is 5.62. The maximum atomic E-state index is 11.4. The van der Waals surface area contributed by atoms with E-state index in [-0.39, 0.29) is 0 Å². The molecule has 0 atom stereocenters. The number of carboxylic acid groups (broad SMARTS) is 1. The van der Waals surface area contributed by atoms with Crippen LogP contribution in [-0.2, 0) is 10.2 Å². The van der Waals surface area contributed by atoms with Crippen molar-refractivity contribution in [3.63, 3.8) is 0 Å². The Balaban J connectivity index is 3.57. The molecule has 0 fully saturated rings. The normalized spacial score (nSPS) is 11.4. The van der Waals surface area contributed by atoms with Crippen molar-refractivity contribution in [1.29, 1.82) is 0 Å². The molecule has 0 aliphatic carbocycles. The number of aryl methyl sites for hydroxylation is 1. The Morgan fingerprint density at radius 3 is 2.18 bits per heavy atom. The number of hydrogen-bond donors (Lipinski definition) is 1. The smallest absolute Gasteiger partial charge is 0.313 e.